The third kappa shape index (κ3) is 3.59. The van der Waals surface area contributed by atoms with Gasteiger partial charge in [0.25, 0.3) is 0 Å². The van der Waals surface area contributed by atoms with Gasteiger partial charge in [-0.05, 0) is 38.6 Å². The van der Waals surface area contributed by atoms with Crippen LogP contribution >= 0.6 is 0 Å². The molecular formula is C17H33N3O. The Morgan fingerprint density at radius 1 is 1.19 bits per heavy atom. The molecule has 2 saturated heterocycles. The molecule has 2 heterocycles. The number of piperidine rings is 1. The van der Waals surface area contributed by atoms with Crippen LogP contribution in [0.1, 0.15) is 65.2 Å². The fraction of sp³-hybridized carbons (Fsp3) is 0.941. The van der Waals surface area contributed by atoms with E-state index in [9.17, 15) is 4.79 Å². The largest absolute Gasteiger partial charge is 0.351 e. The Morgan fingerprint density at radius 3 is 2.52 bits per heavy atom. The van der Waals surface area contributed by atoms with Gasteiger partial charge in [0.2, 0.25) is 5.91 Å². The van der Waals surface area contributed by atoms with Crippen molar-refractivity contribution in [3.63, 3.8) is 0 Å². The van der Waals surface area contributed by atoms with E-state index in [1.807, 2.05) is 0 Å². The lowest BCUT2D eigenvalue weighted by molar-refractivity contribution is -0.132. The summed E-state index contributed by atoms with van der Waals surface area (Å²) in [6, 6.07) is 0.916. The highest BCUT2D eigenvalue weighted by molar-refractivity contribution is 5.83. The molecule has 2 unspecified atom stereocenters. The van der Waals surface area contributed by atoms with Gasteiger partial charge in [0.1, 0.15) is 0 Å². The monoisotopic (exact) mass is 295 g/mol. The van der Waals surface area contributed by atoms with Gasteiger partial charge in [-0.15, -0.1) is 0 Å². The van der Waals surface area contributed by atoms with Gasteiger partial charge < -0.3 is 11.1 Å². The summed E-state index contributed by atoms with van der Waals surface area (Å²) in [5.41, 5.74) is 5.67. The van der Waals surface area contributed by atoms with Gasteiger partial charge in [-0.1, -0.05) is 33.1 Å². The van der Waals surface area contributed by atoms with Crippen molar-refractivity contribution in [1.29, 1.82) is 0 Å². The highest BCUT2D eigenvalue weighted by Crippen LogP contribution is 2.32. The van der Waals surface area contributed by atoms with Crippen LogP contribution in [0.25, 0.3) is 0 Å². The number of nitrogens with one attached hydrogen (secondary N) is 1. The maximum atomic E-state index is 12.9. The Hall–Kier alpha value is -0.610. The molecule has 21 heavy (non-hydrogen) atoms. The van der Waals surface area contributed by atoms with Crippen LogP contribution < -0.4 is 11.1 Å². The molecule has 0 aromatic heterocycles. The number of hydrogen-bond donors (Lipinski definition) is 2. The maximum Gasteiger partial charge on any atom is 0.227 e. The summed E-state index contributed by atoms with van der Waals surface area (Å²) < 4.78 is 0. The fourth-order valence-electron chi connectivity index (χ4n) is 4.34. The predicted molar refractivity (Wildman–Crippen MR) is 87.1 cm³/mol. The molecule has 122 valence electrons. The van der Waals surface area contributed by atoms with Crippen molar-refractivity contribution in [2.45, 2.75) is 77.3 Å². The highest BCUT2D eigenvalue weighted by Gasteiger charge is 2.41. The number of carbonyl (C=O) groups is 1. The smallest absolute Gasteiger partial charge is 0.227 e. The first-order valence-electron chi connectivity index (χ1n) is 8.92. The van der Waals surface area contributed by atoms with E-state index in [2.05, 4.69) is 24.1 Å². The Bertz CT molecular complexity index is 339. The standard InChI is InChI=1S/C17H33N3O/c1-3-9-17(13-18,10-4-2)16(21)19-14-8-12-20-11-6-5-7-15(14)20/h14-15H,3-13,18H2,1-2H3,(H,19,21). The van der Waals surface area contributed by atoms with Crippen LogP contribution in [-0.2, 0) is 4.79 Å². The first-order chi connectivity index (χ1) is 10.2. The Kier molecular flexibility index (Phi) is 6.06. The molecule has 1 amide bonds. The molecular weight excluding hydrogens is 262 g/mol. The SMILES string of the molecule is CCCC(CN)(CCC)C(=O)NC1CCN2CCCCC12. The second kappa shape index (κ2) is 7.59. The third-order valence-electron chi connectivity index (χ3n) is 5.50. The molecule has 2 fully saturated rings. The van der Waals surface area contributed by atoms with Crippen LogP contribution in [0.2, 0.25) is 0 Å². The maximum absolute atomic E-state index is 12.9. The van der Waals surface area contributed by atoms with Gasteiger partial charge in [0, 0.05) is 25.2 Å². The first-order valence-corrected chi connectivity index (χ1v) is 8.92. The van der Waals surface area contributed by atoms with Crippen LogP contribution in [0.3, 0.4) is 0 Å². The summed E-state index contributed by atoms with van der Waals surface area (Å²) in [6.45, 7) is 7.12. The number of rotatable bonds is 7. The van der Waals surface area contributed by atoms with Gasteiger partial charge in [0.05, 0.1) is 5.41 Å². The van der Waals surface area contributed by atoms with Gasteiger partial charge in [-0.2, -0.15) is 0 Å². The van der Waals surface area contributed by atoms with E-state index in [4.69, 9.17) is 5.73 Å². The van der Waals surface area contributed by atoms with Crippen LogP contribution in [0.4, 0.5) is 0 Å². The Morgan fingerprint density at radius 2 is 1.90 bits per heavy atom. The molecule has 0 aromatic carbocycles. The van der Waals surface area contributed by atoms with E-state index in [0.29, 0.717) is 18.6 Å². The van der Waals surface area contributed by atoms with E-state index in [1.54, 1.807) is 0 Å². The summed E-state index contributed by atoms with van der Waals surface area (Å²) in [5, 5.41) is 3.38. The molecule has 2 rings (SSSR count). The van der Waals surface area contributed by atoms with Crippen molar-refractivity contribution in [3.05, 3.63) is 0 Å². The number of nitrogens with zero attached hydrogens (tertiary/aromatic N) is 1. The van der Waals surface area contributed by atoms with Gasteiger partial charge in [-0.3, -0.25) is 9.69 Å². The average Bonchev–Trinajstić information content (AvgIpc) is 2.90. The van der Waals surface area contributed by atoms with E-state index in [1.165, 1.54) is 25.8 Å². The van der Waals surface area contributed by atoms with Crippen LogP contribution in [0, 0.1) is 5.41 Å². The summed E-state index contributed by atoms with van der Waals surface area (Å²) in [4.78, 5) is 15.5. The van der Waals surface area contributed by atoms with Gasteiger partial charge in [-0.25, -0.2) is 0 Å². The fourth-order valence-corrected chi connectivity index (χ4v) is 4.34. The molecule has 0 aromatic rings. The van der Waals surface area contributed by atoms with Crippen LogP contribution in [0.15, 0.2) is 0 Å². The second-order valence-electron chi connectivity index (χ2n) is 6.95. The zero-order valence-corrected chi connectivity index (χ0v) is 13.9. The van der Waals surface area contributed by atoms with Gasteiger partial charge >= 0.3 is 0 Å². The van der Waals surface area contributed by atoms with Crippen molar-refractivity contribution in [3.8, 4) is 0 Å². The molecule has 0 spiro atoms. The zero-order valence-electron chi connectivity index (χ0n) is 13.9. The summed E-state index contributed by atoms with van der Waals surface area (Å²) in [7, 11) is 0. The van der Waals surface area contributed by atoms with Gasteiger partial charge in [0.15, 0.2) is 0 Å². The quantitative estimate of drug-likeness (QED) is 0.757. The van der Waals surface area contributed by atoms with Crippen molar-refractivity contribution in [2.75, 3.05) is 19.6 Å². The third-order valence-corrected chi connectivity index (χ3v) is 5.50. The lowest BCUT2D eigenvalue weighted by Gasteiger charge is -2.36. The van der Waals surface area contributed by atoms with Crippen molar-refractivity contribution < 1.29 is 4.79 Å². The Labute approximate surface area is 129 Å². The Balaban J connectivity index is 2.01. The molecule has 0 aliphatic carbocycles. The number of hydrogen-bond acceptors (Lipinski definition) is 3. The molecule has 3 N–H and O–H groups in total. The normalized spacial score (nSPS) is 26.6. The van der Waals surface area contributed by atoms with Crippen LogP contribution in [0.5, 0.6) is 0 Å². The number of amides is 1. The van der Waals surface area contributed by atoms with E-state index >= 15 is 0 Å². The summed E-state index contributed by atoms with van der Waals surface area (Å²) in [5.74, 6) is 0.214. The van der Waals surface area contributed by atoms with Crippen LogP contribution in [-0.4, -0.2) is 42.5 Å². The minimum atomic E-state index is -0.342. The van der Waals surface area contributed by atoms with E-state index in [0.717, 1.165) is 38.6 Å². The summed E-state index contributed by atoms with van der Waals surface area (Å²) in [6.07, 6.45) is 8.82. The number of fused-ring (bicyclic) bond motifs is 1. The molecule has 4 nitrogen and oxygen atoms in total. The molecule has 2 aliphatic rings. The number of carbonyl (C=O) groups excluding carboxylic acids is 1. The van der Waals surface area contributed by atoms with E-state index in [-0.39, 0.29) is 11.3 Å². The van der Waals surface area contributed by atoms with Crippen molar-refractivity contribution in [1.82, 2.24) is 10.2 Å². The lowest BCUT2D eigenvalue weighted by atomic mass is 9.78. The molecule has 2 aliphatic heterocycles. The highest BCUT2D eigenvalue weighted by atomic mass is 16.2. The minimum Gasteiger partial charge on any atom is -0.351 e. The predicted octanol–water partition coefficient (Wildman–Crippen LogP) is 2.27. The molecule has 4 heteroatoms. The average molecular weight is 295 g/mol. The zero-order chi connectivity index (χ0) is 15.3. The minimum absolute atomic E-state index is 0.214. The first kappa shape index (κ1) is 16.8. The van der Waals surface area contributed by atoms with Crippen molar-refractivity contribution in [2.24, 2.45) is 11.1 Å². The molecule has 0 bridgehead atoms. The topological polar surface area (TPSA) is 58.4 Å². The molecule has 0 radical (unpaired) electrons. The molecule has 2 atom stereocenters. The summed E-state index contributed by atoms with van der Waals surface area (Å²) >= 11 is 0. The van der Waals surface area contributed by atoms with Crippen molar-refractivity contribution >= 4 is 5.91 Å². The molecule has 0 saturated carbocycles. The number of nitrogens with two attached hydrogens (primary N) is 1. The lowest BCUT2D eigenvalue weighted by Crippen LogP contribution is -2.53. The second-order valence-corrected chi connectivity index (χ2v) is 6.95. The van der Waals surface area contributed by atoms with E-state index < -0.39 is 0 Å².